The number of pyridine rings is 1. The summed E-state index contributed by atoms with van der Waals surface area (Å²) in [5.41, 5.74) is 4.69. The van der Waals surface area contributed by atoms with E-state index in [1.165, 1.54) is 12.1 Å². The first-order valence-electron chi connectivity index (χ1n) is 16.8. The second-order valence-electron chi connectivity index (χ2n) is 12.6. The topological polar surface area (TPSA) is 127 Å². The van der Waals surface area contributed by atoms with Crippen molar-refractivity contribution in [2.24, 2.45) is 5.92 Å². The summed E-state index contributed by atoms with van der Waals surface area (Å²) < 4.78 is 42.7. The van der Waals surface area contributed by atoms with Crippen LogP contribution in [0, 0.1) is 12.8 Å². The van der Waals surface area contributed by atoms with Crippen LogP contribution in [0.1, 0.15) is 47.1 Å². The van der Waals surface area contributed by atoms with Gasteiger partial charge in [0.1, 0.15) is 6.04 Å². The number of rotatable bonds is 13. The van der Waals surface area contributed by atoms with Crippen LogP contribution in [0.15, 0.2) is 137 Å². The Morgan fingerprint density at radius 1 is 0.863 bits per heavy atom. The molecule has 11 heteroatoms. The zero-order valence-electron chi connectivity index (χ0n) is 28.4. The number of aliphatic hydroxyl groups is 1. The number of carbonyl (C=O) groups is 1. The molecule has 1 aromatic heterocycles. The van der Waals surface area contributed by atoms with E-state index < -0.39 is 28.3 Å². The average molecular weight is 724 g/mol. The third-order valence-electron chi connectivity index (χ3n) is 8.81. The van der Waals surface area contributed by atoms with Crippen molar-refractivity contribution in [2.45, 2.75) is 61.3 Å². The molecule has 0 spiro atoms. The monoisotopic (exact) mass is 723 g/mol. The maximum absolute atomic E-state index is 13.8. The molecule has 4 aromatic carbocycles. The molecule has 1 saturated heterocycles. The minimum absolute atomic E-state index is 0.0133. The van der Waals surface area contributed by atoms with E-state index in [-0.39, 0.29) is 36.0 Å². The van der Waals surface area contributed by atoms with Gasteiger partial charge in [-0.1, -0.05) is 97.4 Å². The van der Waals surface area contributed by atoms with Crippen LogP contribution in [-0.4, -0.2) is 42.3 Å². The number of amides is 1. The zero-order chi connectivity index (χ0) is 35.8. The minimum Gasteiger partial charge on any atom is -0.392 e. The Labute approximate surface area is 303 Å². The number of nitrogens with one attached hydrogen (secondary N) is 2. The molecule has 1 fully saturated rings. The third kappa shape index (κ3) is 9.50. The molecule has 0 unspecified atom stereocenters. The molecule has 1 aliphatic rings. The van der Waals surface area contributed by atoms with Gasteiger partial charge in [0.25, 0.3) is 0 Å². The number of anilines is 1. The van der Waals surface area contributed by atoms with Crippen LogP contribution in [0.4, 0.5) is 5.69 Å². The van der Waals surface area contributed by atoms with E-state index in [9.17, 15) is 18.3 Å². The summed E-state index contributed by atoms with van der Waals surface area (Å²) in [6.45, 7) is 3.94. The van der Waals surface area contributed by atoms with E-state index in [1.807, 2.05) is 85.8 Å². The molecule has 0 aliphatic carbocycles. The number of aromatic nitrogens is 1. The van der Waals surface area contributed by atoms with Crippen LogP contribution in [0.5, 0.6) is 0 Å². The lowest BCUT2D eigenvalue weighted by Crippen LogP contribution is -2.45. The van der Waals surface area contributed by atoms with E-state index in [0.29, 0.717) is 17.0 Å². The summed E-state index contributed by atoms with van der Waals surface area (Å²) in [6, 6.07) is 35.5. The first-order valence-corrected chi connectivity index (χ1v) is 19.2. The van der Waals surface area contributed by atoms with Crippen LogP contribution < -0.4 is 10.0 Å². The maximum atomic E-state index is 13.8. The lowest BCUT2D eigenvalue weighted by molar-refractivity contribution is -0.268. The van der Waals surface area contributed by atoms with Gasteiger partial charge in [0.2, 0.25) is 15.9 Å². The molecule has 6 rings (SSSR count). The fraction of sp³-hybridized carbons (Fsp3) is 0.250. The summed E-state index contributed by atoms with van der Waals surface area (Å²) in [7, 11) is -4.00. The highest BCUT2D eigenvalue weighted by Gasteiger charge is 2.38. The molecule has 2 heterocycles. The fourth-order valence-corrected chi connectivity index (χ4v) is 8.14. The summed E-state index contributed by atoms with van der Waals surface area (Å²) in [4.78, 5) is 18.4. The Balaban J connectivity index is 1.24. The largest absolute Gasteiger partial charge is 0.392 e. The van der Waals surface area contributed by atoms with Gasteiger partial charge in [-0.15, -0.1) is 11.8 Å². The number of nitrogens with zero attached hydrogens (tertiary/aromatic N) is 1. The predicted molar refractivity (Wildman–Crippen MR) is 198 cm³/mol. The average Bonchev–Trinajstić information content (AvgIpc) is 3.15. The maximum Gasteiger partial charge on any atom is 0.242 e. The minimum atomic E-state index is -4.00. The van der Waals surface area contributed by atoms with E-state index in [0.717, 1.165) is 27.3 Å². The van der Waals surface area contributed by atoms with E-state index in [1.54, 1.807) is 48.3 Å². The Bertz CT molecular complexity index is 2000. The number of hydrogen-bond donors (Lipinski definition) is 3. The van der Waals surface area contributed by atoms with Gasteiger partial charge in [-0.05, 0) is 66.4 Å². The molecule has 51 heavy (non-hydrogen) atoms. The summed E-state index contributed by atoms with van der Waals surface area (Å²) >= 11 is 1.61. The van der Waals surface area contributed by atoms with Gasteiger partial charge in [-0.2, -0.15) is 4.72 Å². The molecule has 5 aromatic rings. The van der Waals surface area contributed by atoms with Crippen molar-refractivity contribution in [3.05, 3.63) is 155 Å². The number of sulfonamides is 1. The predicted octanol–water partition coefficient (Wildman–Crippen LogP) is 6.99. The van der Waals surface area contributed by atoms with E-state index in [4.69, 9.17) is 9.47 Å². The summed E-state index contributed by atoms with van der Waals surface area (Å²) in [5, 5.41) is 13.4. The molecule has 5 atom stereocenters. The molecule has 0 saturated carbocycles. The number of ether oxygens (including phenoxy) is 2. The number of hydrogen-bond acceptors (Lipinski definition) is 8. The van der Waals surface area contributed by atoms with Crippen LogP contribution in [0.2, 0.25) is 0 Å². The highest BCUT2D eigenvalue weighted by molar-refractivity contribution is 7.99. The SMILES string of the molecule is Cc1ccc(S(=O)(=O)N[C@H](Cc2ccccc2)C(=O)Nc2cccc([C@H]3O[C@@H](CSc4ccccn4)[C@@H](C)[C@@H](c4ccc(CO)cc4)O3)c2)cc1. The Hall–Kier alpha value is -4.36. The van der Waals surface area contributed by atoms with Crippen molar-refractivity contribution < 1.29 is 27.8 Å². The van der Waals surface area contributed by atoms with Crippen LogP contribution in [0.25, 0.3) is 0 Å². The number of benzene rings is 4. The lowest BCUT2D eigenvalue weighted by atomic mass is 9.91. The molecular weight excluding hydrogens is 683 g/mol. The number of thioether (sulfide) groups is 1. The normalized spacial score (nSPS) is 19.7. The van der Waals surface area contributed by atoms with Crippen molar-refractivity contribution in [2.75, 3.05) is 11.1 Å². The fourth-order valence-electron chi connectivity index (χ4n) is 5.91. The first kappa shape index (κ1) is 36.4. The van der Waals surface area contributed by atoms with Crippen molar-refractivity contribution in [1.29, 1.82) is 0 Å². The highest BCUT2D eigenvalue weighted by atomic mass is 32.2. The van der Waals surface area contributed by atoms with Gasteiger partial charge in [0.05, 0.1) is 28.7 Å². The van der Waals surface area contributed by atoms with E-state index in [2.05, 4.69) is 21.9 Å². The van der Waals surface area contributed by atoms with Gasteiger partial charge in [0.15, 0.2) is 6.29 Å². The molecule has 9 nitrogen and oxygen atoms in total. The molecule has 0 radical (unpaired) electrons. The Morgan fingerprint density at radius 3 is 2.31 bits per heavy atom. The van der Waals surface area contributed by atoms with Crippen molar-refractivity contribution in [1.82, 2.24) is 9.71 Å². The number of aryl methyl sites for hydroxylation is 1. The lowest BCUT2D eigenvalue weighted by Gasteiger charge is -2.41. The highest BCUT2D eigenvalue weighted by Crippen LogP contribution is 2.43. The van der Waals surface area contributed by atoms with Gasteiger partial charge in [-0.3, -0.25) is 4.79 Å². The van der Waals surface area contributed by atoms with Crippen LogP contribution >= 0.6 is 11.8 Å². The molecule has 1 aliphatic heterocycles. The van der Waals surface area contributed by atoms with Gasteiger partial charge in [0, 0.05) is 29.1 Å². The van der Waals surface area contributed by atoms with E-state index >= 15 is 0 Å². The zero-order valence-corrected chi connectivity index (χ0v) is 30.0. The van der Waals surface area contributed by atoms with Crippen LogP contribution in [0.3, 0.4) is 0 Å². The van der Waals surface area contributed by atoms with Crippen molar-refractivity contribution >= 4 is 33.4 Å². The van der Waals surface area contributed by atoms with Crippen molar-refractivity contribution in [3.63, 3.8) is 0 Å². The standard InChI is InChI=1S/C40H41N3O6S2/c1-27-14-20-34(21-15-27)51(46,47)43-35(23-29-9-4-3-5-10-29)39(45)42-33-12-8-11-32(24-33)40-48-36(26-50-37-13-6-7-22-41-37)28(2)38(49-40)31-18-16-30(25-44)17-19-31/h3-22,24,28,35-36,38,40,43-44H,23,25-26H2,1-2H3,(H,42,45)/t28-,35-,36+,38+,40+/m1/s1. The molecule has 0 bridgehead atoms. The molecule has 3 N–H and O–H groups in total. The molecular formula is C40H41N3O6S2. The van der Waals surface area contributed by atoms with Gasteiger partial charge >= 0.3 is 0 Å². The Kier molecular flexibility index (Phi) is 12.0. The molecule has 1 amide bonds. The van der Waals surface area contributed by atoms with Gasteiger partial charge < -0.3 is 19.9 Å². The smallest absolute Gasteiger partial charge is 0.242 e. The molecule has 264 valence electrons. The van der Waals surface area contributed by atoms with Gasteiger partial charge in [-0.25, -0.2) is 13.4 Å². The summed E-state index contributed by atoms with van der Waals surface area (Å²) in [6.07, 6.45) is 0.646. The van der Waals surface area contributed by atoms with Crippen LogP contribution in [-0.2, 0) is 37.3 Å². The van der Waals surface area contributed by atoms with Crippen molar-refractivity contribution in [3.8, 4) is 0 Å². The third-order valence-corrected chi connectivity index (χ3v) is 11.3. The second kappa shape index (κ2) is 16.8. The summed E-state index contributed by atoms with van der Waals surface area (Å²) in [5.74, 6) is 0.125. The second-order valence-corrected chi connectivity index (χ2v) is 15.3. The Morgan fingerprint density at radius 2 is 1.61 bits per heavy atom. The number of carbonyl (C=O) groups excluding carboxylic acids is 1. The first-order chi connectivity index (χ1) is 24.7. The number of aliphatic hydroxyl groups excluding tert-OH is 1. The quantitative estimate of drug-likeness (QED) is 0.111.